The van der Waals surface area contributed by atoms with Gasteiger partial charge < -0.3 is 10.5 Å². The first-order valence-electron chi connectivity index (χ1n) is 6.98. The minimum atomic E-state index is 0.217. The number of rotatable bonds is 6. The van der Waals surface area contributed by atoms with Crippen LogP contribution in [-0.2, 0) is 13.0 Å². The van der Waals surface area contributed by atoms with E-state index in [4.69, 9.17) is 10.5 Å². The highest BCUT2D eigenvalue weighted by Crippen LogP contribution is 2.20. The third-order valence-electron chi connectivity index (χ3n) is 3.36. The van der Waals surface area contributed by atoms with Gasteiger partial charge in [-0.05, 0) is 44.4 Å². The molecule has 3 nitrogen and oxygen atoms in total. The highest BCUT2D eigenvalue weighted by Gasteiger charge is 2.06. The Morgan fingerprint density at radius 1 is 1.35 bits per heavy atom. The van der Waals surface area contributed by atoms with Gasteiger partial charge in [0.1, 0.15) is 17.4 Å². The lowest BCUT2D eigenvalue weighted by atomic mass is 10.0. The van der Waals surface area contributed by atoms with Crippen molar-refractivity contribution in [2.75, 3.05) is 0 Å². The molecule has 4 heteroatoms. The molecule has 0 saturated carbocycles. The largest absolute Gasteiger partial charge is 0.486 e. The molecule has 1 unspecified atom stereocenters. The number of hydrogen-bond acceptors (Lipinski definition) is 4. The summed E-state index contributed by atoms with van der Waals surface area (Å²) in [5.74, 6) is 0.885. The van der Waals surface area contributed by atoms with Crippen LogP contribution in [0, 0.1) is 13.8 Å². The summed E-state index contributed by atoms with van der Waals surface area (Å²) in [4.78, 5) is 5.74. The maximum atomic E-state index is 5.99. The summed E-state index contributed by atoms with van der Waals surface area (Å²) >= 11 is 1.70. The van der Waals surface area contributed by atoms with E-state index < -0.39 is 0 Å². The van der Waals surface area contributed by atoms with Gasteiger partial charge in [0.2, 0.25) is 0 Å². The summed E-state index contributed by atoms with van der Waals surface area (Å²) in [6.07, 6.45) is 1.88. The first-order chi connectivity index (χ1) is 9.58. The number of ether oxygens (including phenoxy) is 1. The number of aryl methyl sites for hydroxylation is 2. The number of nitrogens with zero attached hydrogens (tertiary/aromatic N) is 1. The predicted molar refractivity (Wildman–Crippen MR) is 84.3 cm³/mol. The molecular formula is C16H22N2OS. The van der Waals surface area contributed by atoms with Gasteiger partial charge in [-0.15, -0.1) is 11.3 Å². The summed E-state index contributed by atoms with van der Waals surface area (Å²) in [7, 11) is 0. The van der Waals surface area contributed by atoms with Crippen molar-refractivity contribution >= 4 is 11.3 Å². The maximum absolute atomic E-state index is 5.99. The molecule has 0 fully saturated rings. The van der Waals surface area contributed by atoms with E-state index in [1.807, 2.05) is 19.1 Å². The molecule has 1 atom stereocenters. The van der Waals surface area contributed by atoms with Crippen LogP contribution in [0.25, 0.3) is 0 Å². The second-order valence-electron chi connectivity index (χ2n) is 5.06. The van der Waals surface area contributed by atoms with Gasteiger partial charge >= 0.3 is 0 Å². The quantitative estimate of drug-likeness (QED) is 0.884. The molecular weight excluding hydrogens is 268 g/mol. The lowest BCUT2D eigenvalue weighted by Gasteiger charge is -2.10. The third kappa shape index (κ3) is 4.05. The van der Waals surface area contributed by atoms with E-state index in [0.717, 1.165) is 29.3 Å². The molecule has 0 spiro atoms. The number of aromatic nitrogens is 1. The Morgan fingerprint density at radius 3 is 2.80 bits per heavy atom. The van der Waals surface area contributed by atoms with Gasteiger partial charge in [-0.25, -0.2) is 4.98 Å². The number of thiazole rings is 1. The first kappa shape index (κ1) is 15.0. The molecule has 20 heavy (non-hydrogen) atoms. The second-order valence-corrected chi connectivity index (χ2v) is 6.35. The molecule has 2 N–H and O–H groups in total. The van der Waals surface area contributed by atoms with Gasteiger partial charge in [0.25, 0.3) is 0 Å². The maximum Gasteiger partial charge on any atom is 0.140 e. The summed E-state index contributed by atoms with van der Waals surface area (Å²) in [6, 6.07) is 8.39. The zero-order valence-electron chi connectivity index (χ0n) is 12.3. The van der Waals surface area contributed by atoms with Crippen molar-refractivity contribution < 1.29 is 4.74 Å². The topological polar surface area (TPSA) is 48.1 Å². The van der Waals surface area contributed by atoms with Gasteiger partial charge in [0.15, 0.2) is 0 Å². The summed E-state index contributed by atoms with van der Waals surface area (Å²) in [5.41, 5.74) is 8.31. The normalized spacial score (nSPS) is 12.4. The first-order valence-corrected chi connectivity index (χ1v) is 7.80. The van der Waals surface area contributed by atoms with E-state index in [9.17, 15) is 0 Å². The fourth-order valence-electron chi connectivity index (χ4n) is 1.96. The van der Waals surface area contributed by atoms with Crippen LogP contribution in [0.1, 0.15) is 34.5 Å². The molecule has 0 saturated heterocycles. The number of hydrogen-bond donors (Lipinski definition) is 1. The van der Waals surface area contributed by atoms with E-state index in [-0.39, 0.29) is 6.04 Å². The van der Waals surface area contributed by atoms with Crippen molar-refractivity contribution in [1.29, 1.82) is 0 Å². The molecule has 0 radical (unpaired) electrons. The highest BCUT2D eigenvalue weighted by molar-refractivity contribution is 7.11. The van der Waals surface area contributed by atoms with Gasteiger partial charge in [-0.2, -0.15) is 0 Å². The molecule has 0 aliphatic rings. The molecule has 1 aromatic carbocycles. The zero-order valence-corrected chi connectivity index (χ0v) is 13.2. The summed E-state index contributed by atoms with van der Waals surface area (Å²) in [6.45, 7) is 6.76. The monoisotopic (exact) mass is 290 g/mol. The Hall–Kier alpha value is -1.39. The van der Waals surface area contributed by atoms with Crippen LogP contribution in [0.15, 0.2) is 24.3 Å². The molecule has 0 aliphatic carbocycles. The molecule has 1 heterocycles. The molecule has 2 aromatic rings. The van der Waals surface area contributed by atoms with Crippen molar-refractivity contribution in [1.82, 2.24) is 4.98 Å². The van der Waals surface area contributed by atoms with Crippen molar-refractivity contribution in [3.05, 3.63) is 45.4 Å². The zero-order chi connectivity index (χ0) is 14.5. The highest BCUT2D eigenvalue weighted by atomic mass is 32.1. The lowest BCUT2D eigenvalue weighted by molar-refractivity contribution is 0.305. The minimum Gasteiger partial charge on any atom is -0.486 e. The van der Waals surface area contributed by atoms with Crippen molar-refractivity contribution in [2.45, 2.75) is 46.3 Å². The average Bonchev–Trinajstić information content (AvgIpc) is 2.76. The number of nitrogens with two attached hydrogens (primary N) is 1. The van der Waals surface area contributed by atoms with Crippen LogP contribution < -0.4 is 10.5 Å². The molecule has 2 rings (SSSR count). The summed E-state index contributed by atoms with van der Waals surface area (Å²) < 4.78 is 5.82. The van der Waals surface area contributed by atoms with Crippen LogP contribution in [0.4, 0.5) is 0 Å². The Kier molecular flexibility index (Phi) is 5.15. The fraction of sp³-hybridized carbons (Fsp3) is 0.438. The molecule has 0 aliphatic heterocycles. The van der Waals surface area contributed by atoms with Gasteiger partial charge in [-0.1, -0.05) is 19.1 Å². The van der Waals surface area contributed by atoms with Gasteiger partial charge in [-0.3, -0.25) is 0 Å². The molecule has 0 bridgehead atoms. The standard InChI is InChI=1S/C16H22N2OS/c1-4-14(17)8-13-6-5-7-15(9-13)19-10-16-18-11(2)12(3)20-16/h5-7,9,14H,4,8,10,17H2,1-3H3. The van der Waals surface area contributed by atoms with Crippen molar-refractivity contribution in [3.8, 4) is 5.75 Å². The van der Waals surface area contributed by atoms with E-state index in [2.05, 4.69) is 31.0 Å². The molecule has 108 valence electrons. The Bertz CT molecular complexity index is 546. The van der Waals surface area contributed by atoms with E-state index in [0.29, 0.717) is 6.61 Å². The average molecular weight is 290 g/mol. The van der Waals surface area contributed by atoms with Crippen molar-refractivity contribution in [3.63, 3.8) is 0 Å². The fourth-order valence-corrected chi connectivity index (χ4v) is 2.80. The Balaban J connectivity index is 1.97. The Morgan fingerprint density at radius 2 is 2.15 bits per heavy atom. The van der Waals surface area contributed by atoms with E-state index in [1.54, 1.807) is 11.3 Å². The molecule has 1 aromatic heterocycles. The molecule has 0 amide bonds. The van der Waals surface area contributed by atoms with Crippen LogP contribution >= 0.6 is 11.3 Å². The lowest BCUT2D eigenvalue weighted by Crippen LogP contribution is -2.21. The number of benzene rings is 1. The van der Waals surface area contributed by atoms with Crippen LogP contribution in [0.3, 0.4) is 0 Å². The van der Waals surface area contributed by atoms with Crippen LogP contribution in [0.5, 0.6) is 5.75 Å². The Labute approximate surface area is 124 Å². The predicted octanol–water partition coefficient (Wildman–Crippen LogP) is 3.62. The van der Waals surface area contributed by atoms with Crippen molar-refractivity contribution in [2.24, 2.45) is 5.73 Å². The van der Waals surface area contributed by atoms with Crippen LogP contribution in [-0.4, -0.2) is 11.0 Å². The smallest absolute Gasteiger partial charge is 0.140 e. The summed E-state index contributed by atoms with van der Waals surface area (Å²) in [5, 5.41) is 1.02. The SMILES string of the molecule is CCC(N)Cc1cccc(OCc2nc(C)c(C)s2)c1. The van der Waals surface area contributed by atoms with Gasteiger partial charge in [0, 0.05) is 10.9 Å². The van der Waals surface area contributed by atoms with Gasteiger partial charge in [0.05, 0.1) is 5.69 Å². The van der Waals surface area contributed by atoms with Crippen LogP contribution in [0.2, 0.25) is 0 Å². The minimum absolute atomic E-state index is 0.217. The van der Waals surface area contributed by atoms with E-state index in [1.165, 1.54) is 10.4 Å². The van der Waals surface area contributed by atoms with E-state index >= 15 is 0 Å². The third-order valence-corrected chi connectivity index (χ3v) is 4.40. The second kappa shape index (κ2) is 6.86.